The summed E-state index contributed by atoms with van der Waals surface area (Å²) >= 11 is 0. The smallest absolute Gasteiger partial charge is 0.247 e. The molecule has 0 aliphatic rings. The number of rotatable bonds is 11. The van der Waals surface area contributed by atoms with Crippen molar-refractivity contribution in [1.82, 2.24) is 19.1 Å². The number of quaternary nitrogens is 1. The maximum Gasteiger partial charge on any atom is 0.247 e. The van der Waals surface area contributed by atoms with E-state index >= 15 is 0 Å². The summed E-state index contributed by atoms with van der Waals surface area (Å²) in [5, 5.41) is 17.5. The SMILES string of the molecule is C=CC(=O)Nc1cc(COc2cc(-c3cn(C)c4ccccc34)ccn2)c(OC)cc1[N+](C)([O-])CCN(C)C. The highest BCUT2D eigenvalue weighted by molar-refractivity contribution is 6.01. The average Bonchev–Trinajstić information content (AvgIpc) is 3.27. The van der Waals surface area contributed by atoms with Crippen molar-refractivity contribution in [2.24, 2.45) is 7.05 Å². The predicted octanol–water partition coefficient (Wildman–Crippen LogP) is 4.95. The molecule has 0 saturated carbocycles. The Bertz CT molecular complexity index is 1490. The molecule has 4 rings (SSSR count). The number of carbonyl (C=O) groups is 1. The second-order valence-electron chi connectivity index (χ2n) is 9.84. The third kappa shape index (κ3) is 6.28. The number of likely N-dealkylation sites (N-methyl/N-ethyl adjacent to an activating group) is 2. The number of amides is 1. The van der Waals surface area contributed by atoms with Crippen LogP contribution in [0.5, 0.6) is 11.6 Å². The number of anilines is 1. The Balaban J connectivity index is 1.64. The Hall–Kier alpha value is -4.18. The normalized spacial score (nSPS) is 12.8. The minimum absolute atomic E-state index is 0.118. The van der Waals surface area contributed by atoms with Gasteiger partial charge in [0.25, 0.3) is 0 Å². The van der Waals surface area contributed by atoms with E-state index in [-0.39, 0.29) is 13.2 Å². The van der Waals surface area contributed by atoms with Crippen LogP contribution in [0.1, 0.15) is 5.56 Å². The van der Waals surface area contributed by atoms with Crippen molar-refractivity contribution in [3.8, 4) is 22.8 Å². The van der Waals surface area contributed by atoms with Crippen molar-refractivity contribution in [1.29, 1.82) is 0 Å². The number of ether oxygens (including phenoxy) is 2. The van der Waals surface area contributed by atoms with Gasteiger partial charge < -0.3 is 34.1 Å². The number of fused-ring (bicyclic) bond motifs is 1. The predicted molar refractivity (Wildman–Crippen MR) is 157 cm³/mol. The molecule has 0 aliphatic heterocycles. The fourth-order valence-corrected chi connectivity index (χ4v) is 4.48. The molecule has 204 valence electrons. The number of methoxy groups -OCH3 is 1. The first-order chi connectivity index (χ1) is 18.6. The van der Waals surface area contributed by atoms with E-state index in [1.165, 1.54) is 6.08 Å². The summed E-state index contributed by atoms with van der Waals surface area (Å²) in [6.07, 6.45) is 4.98. The number of hydrogen-bond acceptors (Lipinski definition) is 6. The summed E-state index contributed by atoms with van der Waals surface area (Å²) in [5.74, 6) is 0.515. The van der Waals surface area contributed by atoms with E-state index in [0.29, 0.717) is 35.1 Å². The Morgan fingerprint density at radius 3 is 2.72 bits per heavy atom. The van der Waals surface area contributed by atoms with E-state index in [4.69, 9.17) is 9.47 Å². The van der Waals surface area contributed by atoms with Gasteiger partial charge in [-0.1, -0.05) is 24.8 Å². The number of hydroxylamine groups is 2. The molecule has 9 heteroatoms. The van der Waals surface area contributed by atoms with Gasteiger partial charge in [-0.15, -0.1) is 0 Å². The van der Waals surface area contributed by atoms with Crippen molar-refractivity contribution >= 4 is 28.2 Å². The first-order valence-electron chi connectivity index (χ1n) is 12.6. The standard InChI is InChI=1S/C30H35N5O4/c1-7-29(36)32-25-16-22(28(38-6)18-27(25)35(5,37)15-14-33(2)3)20-39-30-17-21(12-13-31-30)24-19-34(4)26-11-9-8-10-23(24)26/h7-13,16-19H,1,14-15,20H2,2-6H3,(H,32,36). The fraction of sp³-hybridized carbons (Fsp3) is 0.267. The lowest BCUT2D eigenvalue weighted by molar-refractivity contribution is -0.111. The molecular formula is C30H35N5O4. The maximum atomic E-state index is 13.6. The van der Waals surface area contributed by atoms with Crippen LogP contribution >= 0.6 is 0 Å². The minimum Gasteiger partial charge on any atom is -0.627 e. The highest BCUT2D eigenvalue weighted by Crippen LogP contribution is 2.37. The summed E-state index contributed by atoms with van der Waals surface area (Å²) < 4.78 is 13.1. The summed E-state index contributed by atoms with van der Waals surface area (Å²) in [5.41, 5.74) is 4.63. The average molecular weight is 530 g/mol. The molecule has 0 bridgehead atoms. The van der Waals surface area contributed by atoms with Gasteiger partial charge >= 0.3 is 0 Å². The van der Waals surface area contributed by atoms with Crippen LogP contribution in [0.2, 0.25) is 0 Å². The molecule has 1 N–H and O–H groups in total. The second-order valence-corrected chi connectivity index (χ2v) is 9.84. The third-order valence-electron chi connectivity index (χ3n) is 6.64. The molecule has 2 aromatic heterocycles. The largest absolute Gasteiger partial charge is 0.627 e. The first kappa shape index (κ1) is 27.8. The molecule has 0 saturated heterocycles. The van der Waals surface area contributed by atoms with Crippen LogP contribution in [0.25, 0.3) is 22.0 Å². The monoisotopic (exact) mass is 529 g/mol. The van der Waals surface area contributed by atoms with Crippen LogP contribution in [-0.4, -0.2) is 61.7 Å². The summed E-state index contributed by atoms with van der Waals surface area (Å²) in [4.78, 5) is 18.6. The van der Waals surface area contributed by atoms with Gasteiger partial charge in [0, 0.05) is 60.1 Å². The van der Waals surface area contributed by atoms with E-state index in [1.807, 2.05) is 50.3 Å². The summed E-state index contributed by atoms with van der Waals surface area (Å²) in [6.45, 7) is 4.51. The molecule has 2 heterocycles. The van der Waals surface area contributed by atoms with Crippen molar-refractivity contribution < 1.29 is 14.3 Å². The quantitative estimate of drug-likeness (QED) is 0.168. The summed E-state index contributed by atoms with van der Waals surface area (Å²) in [7, 11) is 8.93. The Labute approximate surface area is 229 Å². The number of benzene rings is 2. The molecular weight excluding hydrogens is 494 g/mol. The van der Waals surface area contributed by atoms with Crippen molar-refractivity contribution in [3.63, 3.8) is 0 Å². The Kier molecular flexibility index (Phi) is 8.35. The number of aromatic nitrogens is 2. The van der Waals surface area contributed by atoms with Crippen LogP contribution in [0, 0.1) is 5.21 Å². The second kappa shape index (κ2) is 11.7. The van der Waals surface area contributed by atoms with E-state index in [0.717, 1.165) is 22.0 Å². The molecule has 9 nitrogen and oxygen atoms in total. The van der Waals surface area contributed by atoms with Crippen molar-refractivity contribution in [2.45, 2.75) is 6.61 Å². The molecule has 0 fully saturated rings. The van der Waals surface area contributed by atoms with Gasteiger partial charge in [-0.25, -0.2) is 4.98 Å². The molecule has 0 spiro atoms. The highest BCUT2D eigenvalue weighted by atomic mass is 16.5. The van der Waals surface area contributed by atoms with Gasteiger partial charge in [-0.2, -0.15) is 0 Å². The van der Waals surface area contributed by atoms with Crippen molar-refractivity contribution in [3.05, 3.63) is 84.4 Å². The number of para-hydroxylation sites is 1. The topological polar surface area (TPSA) is 91.7 Å². The fourth-order valence-electron chi connectivity index (χ4n) is 4.48. The minimum atomic E-state index is -0.697. The lowest BCUT2D eigenvalue weighted by atomic mass is 10.1. The maximum absolute atomic E-state index is 13.6. The molecule has 1 atom stereocenters. The summed E-state index contributed by atoms with van der Waals surface area (Å²) in [6, 6.07) is 15.5. The van der Waals surface area contributed by atoms with Gasteiger partial charge in [0.15, 0.2) is 5.69 Å². The number of pyridine rings is 1. The lowest BCUT2D eigenvalue weighted by Gasteiger charge is -2.40. The Morgan fingerprint density at radius 2 is 2.00 bits per heavy atom. The van der Waals surface area contributed by atoms with Gasteiger partial charge in [0.2, 0.25) is 11.8 Å². The lowest BCUT2D eigenvalue weighted by Crippen LogP contribution is -2.44. The van der Waals surface area contributed by atoms with Crippen LogP contribution in [0.4, 0.5) is 11.4 Å². The molecule has 0 aliphatic carbocycles. The first-order valence-corrected chi connectivity index (χ1v) is 12.6. The third-order valence-corrected chi connectivity index (χ3v) is 6.64. The highest BCUT2D eigenvalue weighted by Gasteiger charge is 2.24. The number of aryl methyl sites for hydroxylation is 1. The zero-order valence-electron chi connectivity index (χ0n) is 23.1. The van der Waals surface area contributed by atoms with E-state index in [2.05, 4.69) is 39.8 Å². The number of carbonyl (C=O) groups excluding carboxylic acids is 1. The van der Waals surface area contributed by atoms with E-state index in [9.17, 15) is 10.0 Å². The zero-order chi connectivity index (χ0) is 28.2. The molecule has 0 radical (unpaired) electrons. The Morgan fingerprint density at radius 1 is 1.23 bits per heavy atom. The van der Waals surface area contributed by atoms with Crippen LogP contribution < -0.4 is 19.4 Å². The molecule has 39 heavy (non-hydrogen) atoms. The number of hydrogen-bond donors (Lipinski definition) is 1. The molecule has 1 unspecified atom stereocenters. The number of nitrogens with one attached hydrogen (secondary N) is 1. The van der Waals surface area contributed by atoms with Crippen LogP contribution in [-0.2, 0) is 18.4 Å². The van der Waals surface area contributed by atoms with Gasteiger partial charge in [-0.3, -0.25) is 4.79 Å². The van der Waals surface area contributed by atoms with Crippen molar-refractivity contribution in [2.75, 3.05) is 46.7 Å². The van der Waals surface area contributed by atoms with Gasteiger partial charge in [0.05, 0.1) is 20.7 Å². The van der Waals surface area contributed by atoms with Crippen LogP contribution in [0.3, 0.4) is 0 Å². The number of nitrogens with zero attached hydrogens (tertiary/aromatic N) is 4. The van der Waals surface area contributed by atoms with E-state index < -0.39 is 10.6 Å². The van der Waals surface area contributed by atoms with Gasteiger partial charge in [0.1, 0.15) is 18.0 Å². The van der Waals surface area contributed by atoms with Crippen LogP contribution in [0.15, 0.2) is 73.6 Å². The van der Waals surface area contributed by atoms with E-state index in [1.54, 1.807) is 32.5 Å². The molecule has 2 aromatic carbocycles. The molecule has 1 amide bonds. The van der Waals surface area contributed by atoms with Gasteiger partial charge in [-0.05, 0) is 43.9 Å². The molecule has 4 aromatic rings. The zero-order valence-corrected chi connectivity index (χ0v) is 23.1.